The summed E-state index contributed by atoms with van der Waals surface area (Å²) < 4.78 is 42.7. The molecule has 0 unspecified atom stereocenters. The summed E-state index contributed by atoms with van der Waals surface area (Å²) >= 11 is 5.77. The van der Waals surface area contributed by atoms with Crippen LogP contribution in [0.5, 0.6) is 11.5 Å². The third kappa shape index (κ3) is 4.09. The van der Waals surface area contributed by atoms with Crippen LogP contribution in [0, 0.1) is 0 Å². The van der Waals surface area contributed by atoms with E-state index in [-0.39, 0.29) is 16.7 Å². The van der Waals surface area contributed by atoms with E-state index in [2.05, 4.69) is 4.98 Å². The number of halogens is 4. The second-order valence-electron chi connectivity index (χ2n) is 4.59. The topological polar surface area (TPSA) is 22.1 Å². The monoisotopic (exact) mass is 355 g/mol. The number of alkyl halides is 3. The van der Waals surface area contributed by atoms with E-state index in [1.165, 1.54) is 24.3 Å². The normalized spacial score (nSPS) is 11.7. The van der Waals surface area contributed by atoms with Crippen molar-refractivity contribution < 1.29 is 17.9 Å². The fourth-order valence-electron chi connectivity index (χ4n) is 2.02. The van der Waals surface area contributed by atoms with Gasteiger partial charge in [-0.15, -0.1) is 0 Å². The van der Waals surface area contributed by atoms with Crippen LogP contribution in [0.2, 0.25) is 5.02 Å². The molecule has 0 radical (unpaired) electrons. The molecule has 1 heterocycles. The Morgan fingerprint density at radius 2 is 1.74 bits per heavy atom. The molecule has 0 atom stereocenters. The summed E-state index contributed by atoms with van der Waals surface area (Å²) in [6.07, 6.45) is 1.59. The van der Waals surface area contributed by atoms with Gasteiger partial charge in [0.2, 0.25) is 0 Å². The van der Waals surface area contributed by atoms with Crippen LogP contribution in [0.1, 0.15) is 0 Å². The second kappa shape index (κ2) is 6.29. The summed E-state index contributed by atoms with van der Waals surface area (Å²) in [5.74, 6) is 1.00. The minimum atomic E-state index is -4.30. The molecule has 0 N–H and O–H groups in total. The Labute approximate surface area is 139 Å². The van der Waals surface area contributed by atoms with Crippen molar-refractivity contribution in [3.63, 3.8) is 0 Å². The molecule has 1 aromatic heterocycles. The molecule has 2 nitrogen and oxygen atoms in total. The largest absolute Gasteiger partial charge is 0.457 e. The highest BCUT2D eigenvalue weighted by Gasteiger charge is 2.29. The summed E-state index contributed by atoms with van der Waals surface area (Å²) in [6, 6.07) is 12.6. The molecular weight excluding hydrogens is 347 g/mol. The lowest BCUT2D eigenvalue weighted by molar-refractivity contribution is -0.0328. The third-order valence-electron chi connectivity index (χ3n) is 2.95. The average Bonchev–Trinajstić information content (AvgIpc) is 2.48. The van der Waals surface area contributed by atoms with Crippen molar-refractivity contribution in [1.82, 2.24) is 4.98 Å². The van der Waals surface area contributed by atoms with Gasteiger partial charge in [-0.2, -0.15) is 13.2 Å². The lowest BCUT2D eigenvalue weighted by Crippen LogP contribution is -1.98. The SMILES string of the molecule is FC(F)(F)Sc1ccc(Oc2ccnc3cc(Cl)ccc23)cc1. The minimum absolute atomic E-state index is 0.108. The predicted molar refractivity (Wildman–Crippen MR) is 85.2 cm³/mol. The van der Waals surface area contributed by atoms with Crippen LogP contribution in [0.4, 0.5) is 13.2 Å². The molecule has 118 valence electrons. The number of fused-ring (bicyclic) bond motifs is 1. The van der Waals surface area contributed by atoms with Crippen molar-refractivity contribution in [2.75, 3.05) is 0 Å². The van der Waals surface area contributed by atoms with Crippen LogP contribution in [0.15, 0.2) is 59.6 Å². The molecule has 0 bridgehead atoms. The quantitative estimate of drug-likeness (QED) is 0.515. The number of ether oxygens (including phenoxy) is 1. The molecule has 0 saturated heterocycles. The summed E-state index contributed by atoms with van der Waals surface area (Å²) in [6.45, 7) is 0. The Hall–Kier alpha value is -1.92. The van der Waals surface area contributed by atoms with Crippen molar-refractivity contribution in [2.24, 2.45) is 0 Å². The molecule has 0 aliphatic carbocycles. The van der Waals surface area contributed by atoms with E-state index in [0.717, 1.165) is 5.39 Å². The lowest BCUT2D eigenvalue weighted by atomic mass is 10.2. The van der Waals surface area contributed by atoms with Crippen molar-refractivity contribution in [3.05, 3.63) is 59.8 Å². The van der Waals surface area contributed by atoms with Crippen LogP contribution in [-0.2, 0) is 0 Å². The second-order valence-corrected chi connectivity index (χ2v) is 6.17. The zero-order valence-electron chi connectivity index (χ0n) is 11.5. The van der Waals surface area contributed by atoms with Gasteiger partial charge in [0.25, 0.3) is 0 Å². The average molecular weight is 356 g/mol. The van der Waals surface area contributed by atoms with Gasteiger partial charge in [-0.05, 0) is 60.3 Å². The maximum absolute atomic E-state index is 12.3. The van der Waals surface area contributed by atoms with Gasteiger partial charge in [-0.25, -0.2) is 0 Å². The van der Waals surface area contributed by atoms with Crippen LogP contribution in [0.3, 0.4) is 0 Å². The van der Waals surface area contributed by atoms with Crippen molar-refractivity contribution in [2.45, 2.75) is 10.4 Å². The first-order valence-corrected chi connectivity index (χ1v) is 7.68. The first-order valence-electron chi connectivity index (χ1n) is 6.49. The van der Waals surface area contributed by atoms with Crippen molar-refractivity contribution >= 4 is 34.3 Å². The molecule has 0 saturated carbocycles. The molecule has 0 spiro atoms. The Kier molecular flexibility index (Phi) is 4.37. The molecule has 0 fully saturated rings. The van der Waals surface area contributed by atoms with E-state index >= 15 is 0 Å². The Morgan fingerprint density at radius 1 is 1.00 bits per heavy atom. The van der Waals surface area contributed by atoms with E-state index in [1.54, 1.807) is 30.5 Å². The maximum atomic E-state index is 12.3. The molecule has 0 amide bonds. The number of rotatable bonds is 3. The summed E-state index contributed by atoms with van der Waals surface area (Å²) in [5, 5.41) is 1.33. The number of aromatic nitrogens is 1. The summed E-state index contributed by atoms with van der Waals surface area (Å²) in [7, 11) is 0. The smallest absolute Gasteiger partial charge is 0.446 e. The van der Waals surface area contributed by atoms with Gasteiger partial charge >= 0.3 is 5.51 Å². The van der Waals surface area contributed by atoms with Gasteiger partial charge in [-0.1, -0.05) is 11.6 Å². The zero-order valence-corrected chi connectivity index (χ0v) is 13.0. The molecule has 7 heteroatoms. The number of thioether (sulfide) groups is 1. The lowest BCUT2D eigenvalue weighted by Gasteiger charge is -2.10. The molecule has 3 rings (SSSR count). The first kappa shape index (κ1) is 16.0. The number of hydrogen-bond donors (Lipinski definition) is 0. The van der Waals surface area contributed by atoms with Crippen LogP contribution < -0.4 is 4.74 Å². The van der Waals surface area contributed by atoms with Gasteiger partial charge in [0.05, 0.1) is 5.52 Å². The Bertz CT molecular complexity index is 837. The Morgan fingerprint density at radius 3 is 2.43 bits per heavy atom. The minimum Gasteiger partial charge on any atom is -0.457 e. The molecular formula is C16H9ClF3NOS. The molecule has 3 aromatic rings. The van der Waals surface area contributed by atoms with Crippen LogP contribution in [-0.4, -0.2) is 10.5 Å². The van der Waals surface area contributed by atoms with Crippen LogP contribution >= 0.6 is 23.4 Å². The highest BCUT2D eigenvalue weighted by molar-refractivity contribution is 8.00. The zero-order chi connectivity index (χ0) is 16.4. The Balaban J connectivity index is 1.85. The predicted octanol–water partition coefficient (Wildman–Crippen LogP) is 6.29. The highest BCUT2D eigenvalue weighted by atomic mass is 35.5. The van der Waals surface area contributed by atoms with Gasteiger partial charge in [0, 0.05) is 21.5 Å². The number of pyridine rings is 1. The van der Waals surface area contributed by atoms with E-state index in [1.807, 2.05) is 0 Å². The van der Waals surface area contributed by atoms with E-state index in [4.69, 9.17) is 16.3 Å². The highest BCUT2D eigenvalue weighted by Crippen LogP contribution is 2.38. The van der Waals surface area contributed by atoms with Crippen molar-refractivity contribution in [1.29, 1.82) is 0 Å². The van der Waals surface area contributed by atoms with Crippen LogP contribution in [0.25, 0.3) is 10.9 Å². The third-order valence-corrected chi connectivity index (χ3v) is 3.92. The van der Waals surface area contributed by atoms with Gasteiger partial charge in [0.1, 0.15) is 11.5 Å². The molecule has 0 aliphatic heterocycles. The summed E-state index contributed by atoms with van der Waals surface area (Å²) in [5.41, 5.74) is -3.62. The van der Waals surface area contributed by atoms with E-state index < -0.39 is 5.51 Å². The standard InChI is InChI=1S/C16H9ClF3NOS/c17-10-1-6-13-14(9-10)21-8-7-15(13)22-11-2-4-12(5-3-11)23-16(18,19)20/h1-9H. The van der Waals surface area contributed by atoms with Gasteiger partial charge in [-0.3, -0.25) is 4.98 Å². The van der Waals surface area contributed by atoms with Gasteiger partial charge < -0.3 is 4.74 Å². The number of hydrogen-bond acceptors (Lipinski definition) is 3. The first-order chi connectivity index (χ1) is 10.9. The van der Waals surface area contributed by atoms with Gasteiger partial charge in [0.15, 0.2) is 0 Å². The fourth-order valence-corrected chi connectivity index (χ4v) is 2.73. The van der Waals surface area contributed by atoms with E-state index in [9.17, 15) is 13.2 Å². The molecule has 2 aromatic carbocycles. The molecule has 23 heavy (non-hydrogen) atoms. The fraction of sp³-hybridized carbons (Fsp3) is 0.0625. The van der Waals surface area contributed by atoms with E-state index in [0.29, 0.717) is 22.0 Å². The molecule has 0 aliphatic rings. The number of nitrogens with zero attached hydrogens (tertiary/aromatic N) is 1. The van der Waals surface area contributed by atoms with Crippen molar-refractivity contribution in [3.8, 4) is 11.5 Å². The maximum Gasteiger partial charge on any atom is 0.446 e. The number of benzene rings is 2. The summed E-state index contributed by atoms with van der Waals surface area (Å²) in [4.78, 5) is 4.31.